The minimum Gasteiger partial charge on any atom is -0.493 e. The zero-order chi connectivity index (χ0) is 18.9. The van der Waals surface area contributed by atoms with Gasteiger partial charge in [0.25, 0.3) is 0 Å². The molecule has 0 saturated heterocycles. The van der Waals surface area contributed by atoms with E-state index in [2.05, 4.69) is 20.3 Å². The molecule has 1 aliphatic heterocycles. The van der Waals surface area contributed by atoms with Crippen LogP contribution in [-0.4, -0.2) is 38.2 Å². The summed E-state index contributed by atoms with van der Waals surface area (Å²) < 4.78 is 13.7. The van der Waals surface area contributed by atoms with Crippen molar-refractivity contribution in [2.24, 2.45) is 7.05 Å². The number of aryl methyl sites for hydroxylation is 1. The Balaban J connectivity index is 1.66. The van der Waals surface area contributed by atoms with E-state index in [-0.39, 0.29) is 0 Å². The topological polar surface area (TPSA) is 77.9 Å². The number of hydrogen-bond acceptors (Lipinski definition) is 5. The number of fused-ring (bicyclic) bond motifs is 4. The second-order valence-corrected chi connectivity index (χ2v) is 6.63. The van der Waals surface area contributed by atoms with Crippen molar-refractivity contribution in [3.63, 3.8) is 0 Å². The van der Waals surface area contributed by atoms with Crippen molar-refractivity contribution >= 4 is 23.1 Å². The Morgan fingerprint density at radius 3 is 2.93 bits per heavy atom. The SMILES string of the molecule is Cn1ncc2c1OCCCOc1ccccc1/C=C/c1n[nH]c3cnc-2cc13. The molecule has 5 rings (SSSR count). The second-order valence-electron chi connectivity index (χ2n) is 6.63. The molecular weight excluding hydrogens is 354 g/mol. The largest absolute Gasteiger partial charge is 0.493 e. The average molecular weight is 373 g/mol. The molecule has 7 nitrogen and oxygen atoms in total. The third-order valence-corrected chi connectivity index (χ3v) is 4.76. The molecule has 0 saturated carbocycles. The Labute approximate surface area is 161 Å². The lowest BCUT2D eigenvalue weighted by molar-refractivity contribution is 0.236. The number of aromatic amines is 1. The van der Waals surface area contributed by atoms with Crippen LogP contribution in [0, 0.1) is 0 Å². The molecular formula is C21H19N5O2. The van der Waals surface area contributed by atoms with E-state index >= 15 is 0 Å². The van der Waals surface area contributed by atoms with Gasteiger partial charge in [-0.15, -0.1) is 0 Å². The van der Waals surface area contributed by atoms with Crippen molar-refractivity contribution in [2.45, 2.75) is 6.42 Å². The van der Waals surface area contributed by atoms with Crippen LogP contribution in [0.1, 0.15) is 17.7 Å². The molecule has 140 valence electrons. The highest BCUT2D eigenvalue weighted by atomic mass is 16.5. The summed E-state index contributed by atoms with van der Waals surface area (Å²) in [5.74, 6) is 1.54. The van der Waals surface area contributed by atoms with Gasteiger partial charge in [-0.25, -0.2) is 4.68 Å². The van der Waals surface area contributed by atoms with Gasteiger partial charge in [0.1, 0.15) is 5.75 Å². The lowest BCUT2D eigenvalue weighted by Crippen LogP contribution is -2.08. The molecule has 1 N–H and O–H groups in total. The number of benzene rings is 1. The monoisotopic (exact) mass is 373 g/mol. The van der Waals surface area contributed by atoms with Gasteiger partial charge in [-0.05, 0) is 24.3 Å². The minimum absolute atomic E-state index is 0.531. The second kappa shape index (κ2) is 6.84. The van der Waals surface area contributed by atoms with E-state index in [4.69, 9.17) is 9.47 Å². The first kappa shape index (κ1) is 16.6. The van der Waals surface area contributed by atoms with E-state index in [0.29, 0.717) is 19.1 Å². The summed E-state index contributed by atoms with van der Waals surface area (Å²) in [6, 6.07) is 10.00. The standard InChI is InChI=1S/C21H19N5O2/c1-26-21-16(12-23-26)18-11-15-17(24-25-19(15)13-22-18)8-7-14-5-2-3-6-20(14)27-9-4-10-28-21/h2-3,5-8,11-13H,4,9-10H2,1H3,(H,24,25)/b8-7+. The fraction of sp³-hybridized carbons (Fsp3) is 0.190. The highest BCUT2D eigenvalue weighted by molar-refractivity contribution is 5.91. The van der Waals surface area contributed by atoms with Crippen molar-refractivity contribution in [2.75, 3.05) is 13.2 Å². The molecule has 0 atom stereocenters. The number of rotatable bonds is 0. The maximum atomic E-state index is 6.01. The molecule has 7 heteroatoms. The van der Waals surface area contributed by atoms with Crippen LogP contribution in [-0.2, 0) is 7.05 Å². The third-order valence-electron chi connectivity index (χ3n) is 4.76. The van der Waals surface area contributed by atoms with E-state index in [9.17, 15) is 0 Å². The fourth-order valence-corrected chi connectivity index (χ4v) is 3.31. The molecule has 0 radical (unpaired) electrons. The summed E-state index contributed by atoms with van der Waals surface area (Å²) in [5, 5.41) is 12.8. The smallest absolute Gasteiger partial charge is 0.221 e. The molecule has 0 unspecified atom stereocenters. The molecule has 2 bridgehead atoms. The number of H-pyrrole nitrogens is 1. The molecule has 0 spiro atoms. The van der Waals surface area contributed by atoms with Crippen LogP contribution in [0.15, 0.2) is 42.7 Å². The van der Waals surface area contributed by atoms with E-state index in [1.165, 1.54) is 0 Å². The number of nitrogens with one attached hydrogen (secondary N) is 1. The molecule has 28 heavy (non-hydrogen) atoms. The maximum absolute atomic E-state index is 6.01. The summed E-state index contributed by atoms with van der Waals surface area (Å²) in [5.41, 5.74) is 4.40. The molecule has 4 aromatic rings. The molecule has 0 aliphatic carbocycles. The molecule has 4 heterocycles. The normalized spacial score (nSPS) is 15.0. The van der Waals surface area contributed by atoms with Crippen LogP contribution in [0.25, 0.3) is 34.3 Å². The summed E-state index contributed by atoms with van der Waals surface area (Å²) in [6.45, 7) is 1.10. The molecule has 1 aliphatic rings. The van der Waals surface area contributed by atoms with Crippen molar-refractivity contribution in [1.82, 2.24) is 25.0 Å². The lowest BCUT2D eigenvalue weighted by atomic mass is 10.1. The van der Waals surface area contributed by atoms with Gasteiger partial charge in [0.05, 0.1) is 48.1 Å². The van der Waals surface area contributed by atoms with Gasteiger partial charge >= 0.3 is 0 Å². The molecule has 1 aromatic carbocycles. The zero-order valence-corrected chi connectivity index (χ0v) is 15.4. The Morgan fingerprint density at radius 2 is 1.96 bits per heavy atom. The van der Waals surface area contributed by atoms with Gasteiger partial charge in [0, 0.05) is 24.4 Å². The number of nitrogens with zero attached hydrogens (tertiary/aromatic N) is 4. The van der Waals surface area contributed by atoms with Crippen molar-refractivity contribution < 1.29 is 9.47 Å². The van der Waals surface area contributed by atoms with E-state index in [1.807, 2.05) is 49.5 Å². The van der Waals surface area contributed by atoms with Crippen LogP contribution in [0.4, 0.5) is 0 Å². The number of para-hydroxylation sites is 1. The van der Waals surface area contributed by atoms with Crippen LogP contribution in [0.2, 0.25) is 0 Å². The van der Waals surface area contributed by atoms with Gasteiger partial charge in [0.15, 0.2) is 0 Å². The van der Waals surface area contributed by atoms with E-state index in [1.54, 1.807) is 17.1 Å². The summed E-state index contributed by atoms with van der Waals surface area (Å²) in [6.07, 6.45) is 8.35. The fourth-order valence-electron chi connectivity index (χ4n) is 3.31. The number of pyridine rings is 1. The highest BCUT2D eigenvalue weighted by Crippen LogP contribution is 2.31. The first-order valence-electron chi connectivity index (χ1n) is 9.19. The van der Waals surface area contributed by atoms with Crippen LogP contribution in [0.5, 0.6) is 11.6 Å². The Hall–Kier alpha value is -3.61. The predicted octanol–water partition coefficient (Wildman–Crippen LogP) is 3.69. The van der Waals surface area contributed by atoms with Gasteiger partial charge in [-0.2, -0.15) is 10.2 Å². The Bertz CT molecular complexity index is 1170. The van der Waals surface area contributed by atoms with Crippen molar-refractivity contribution in [3.8, 4) is 22.9 Å². The number of ether oxygens (including phenoxy) is 2. The summed E-state index contributed by atoms with van der Waals surface area (Å²) in [4.78, 5) is 4.57. The number of hydrogen-bond donors (Lipinski definition) is 1. The Morgan fingerprint density at radius 1 is 1.07 bits per heavy atom. The quantitative estimate of drug-likeness (QED) is 0.509. The van der Waals surface area contributed by atoms with Gasteiger partial charge < -0.3 is 9.47 Å². The van der Waals surface area contributed by atoms with Crippen molar-refractivity contribution in [3.05, 3.63) is 54.0 Å². The maximum Gasteiger partial charge on any atom is 0.221 e. The predicted molar refractivity (Wildman–Crippen MR) is 107 cm³/mol. The minimum atomic E-state index is 0.531. The van der Waals surface area contributed by atoms with E-state index < -0.39 is 0 Å². The first-order chi connectivity index (χ1) is 13.8. The van der Waals surface area contributed by atoms with Gasteiger partial charge in [-0.1, -0.05) is 18.2 Å². The number of aromatic nitrogens is 5. The summed E-state index contributed by atoms with van der Waals surface area (Å²) >= 11 is 0. The summed E-state index contributed by atoms with van der Waals surface area (Å²) in [7, 11) is 1.87. The van der Waals surface area contributed by atoms with Crippen molar-refractivity contribution in [1.29, 1.82) is 0 Å². The zero-order valence-electron chi connectivity index (χ0n) is 15.4. The molecule has 3 aromatic heterocycles. The van der Waals surface area contributed by atoms with Gasteiger partial charge in [0.2, 0.25) is 5.88 Å². The van der Waals surface area contributed by atoms with E-state index in [0.717, 1.165) is 45.6 Å². The highest BCUT2D eigenvalue weighted by Gasteiger charge is 2.16. The van der Waals surface area contributed by atoms with Gasteiger partial charge in [-0.3, -0.25) is 10.1 Å². The third kappa shape index (κ3) is 2.90. The lowest BCUT2D eigenvalue weighted by Gasteiger charge is -2.11. The molecule has 0 amide bonds. The first-order valence-corrected chi connectivity index (χ1v) is 9.19. The molecule has 0 fully saturated rings. The average Bonchev–Trinajstić information content (AvgIpc) is 3.29. The van der Waals surface area contributed by atoms with Crippen LogP contribution in [0.3, 0.4) is 0 Å². The van der Waals surface area contributed by atoms with Crippen LogP contribution >= 0.6 is 0 Å². The Kier molecular flexibility index (Phi) is 4.05. The van der Waals surface area contributed by atoms with Crippen LogP contribution < -0.4 is 9.47 Å².